The van der Waals surface area contributed by atoms with Gasteiger partial charge in [0.2, 0.25) is 0 Å². The fourth-order valence-corrected chi connectivity index (χ4v) is 0.589. The van der Waals surface area contributed by atoms with Crippen molar-refractivity contribution in [1.29, 1.82) is 0 Å². The normalized spacial score (nSPS) is 5.75. The maximum absolute atomic E-state index is 3.25. The molecule has 0 fully saturated rings. The molecule has 2 heteroatoms. The predicted octanol–water partition coefficient (Wildman–Crippen LogP) is 2.01. The van der Waals surface area contributed by atoms with E-state index < -0.39 is 0 Å². The Morgan fingerprint density at radius 3 is 2.25 bits per heavy atom. The average molecular weight is 137 g/mol. The molecule has 1 heterocycles. The molecule has 0 unspecified atom stereocenters. The molecule has 0 atom stereocenters. The van der Waals surface area contributed by atoms with Gasteiger partial charge in [0.25, 0.3) is 0 Å². The molecule has 0 saturated carbocycles. The Morgan fingerprint density at radius 1 is 1.50 bits per heavy atom. The van der Waals surface area contributed by atoms with E-state index in [4.69, 9.17) is 0 Å². The molecule has 8 heavy (non-hydrogen) atoms. The van der Waals surface area contributed by atoms with Crippen molar-refractivity contribution in [1.82, 2.24) is 0 Å². The zero-order valence-corrected chi connectivity index (χ0v) is 7.29. The first-order valence-electron chi connectivity index (χ1n) is 2.10. The second-order valence-corrected chi connectivity index (χ2v) is 1.47. The molecular weight excluding hydrogens is 128 g/mol. The van der Waals surface area contributed by atoms with Crippen molar-refractivity contribution < 1.29 is 0 Å². The van der Waals surface area contributed by atoms with Gasteiger partial charge in [-0.15, -0.1) is 5.38 Å². The molecule has 1 aromatic rings. The molecule has 0 nitrogen and oxygen atoms in total. The fraction of sp³-hybridized carbons (Fsp3) is 0.167. The minimum absolute atomic E-state index is 0. The molecule has 0 bridgehead atoms. The zero-order chi connectivity index (χ0) is 5.54. The number of rotatable bonds is 0. The Bertz CT molecular complexity index is 65.0. The van der Waals surface area contributed by atoms with E-state index in [0.717, 1.165) is 0 Å². The van der Waals surface area contributed by atoms with Gasteiger partial charge in [-0.25, -0.2) is 6.07 Å². The third-order valence-electron chi connectivity index (χ3n) is 0.379. The number of thiophene rings is 1. The van der Waals surface area contributed by atoms with E-state index in [1.165, 1.54) is 0 Å². The van der Waals surface area contributed by atoms with Crippen LogP contribution in [0.25, 0.3) is 0 Å². The second-order valence-electron chi connectivity index (χ2n) is 0.731. The van der Waals surface area contributed by atoms with E-state index in [9.17, 15) is 0 Å². The van der Waals surface area contributed by atoms with Gasteiger partial charge in [-0.2, -0.15) is 18.4 Å². The summed E-state index contributed by atoms with van der Waals surface area (Å²) in [6.07, 6.45) is 0. The van der Waals surface area contributed by atoms with Gasteiger partial charge >= 0.3 is 23.1 Å². The first kappa shape index (κ1) is 11.3. The molecule has 0 aliphatic heterocycles. The van der Waals surface area contributed by atoms with E-state index in [1.54, 1.807) is 18.3 Å². The molecule has 0 aromatic carbocycles. The minimum atomic E-state index is 0. The van der Waals surface area contributed by atoms with Crippen molar-refractivity contribution in [3.63, 3.8) is 0 Å². The summed E-state index contributed by atoms with van der Waals surface area (Å²) in [7, 11) is 0. The van der Waals surface area contributed by atoms with Crippen LogP contribution in [0.2, 0.25) is 0 Å². The van der Waals surface area contributed by atoms with Crippen molar-refractivity contribution >= 4 is 34.4 Å². The maximum Gasteiger partial charge on any atom is 2.00 e. The van der Waals surface area contributed by atoms with Crippen LogP contribution in [0.1, 0.15) is 6.92 Å². The van der Waals surface area contributed by atoms with E-state index >= 15 is 0 Å². The average Bonchev–Trinajstić information content (AvgIpc) is 2.23. The smallest absolute Gasteiger partial charge is 0.346 e. The van der Waals surface area contributed by atoms with Gasteiger partial charge in [0.15, 0.2) is 0 Å². The molecule has 40 valence electrons. The summed E-state index contributed by atoms with van der Waals surface area (Å²) in [5, 5.41) is 4.89. The van der Waals surface area contributed by atoms with Crippen LogP contribution in [0, 0.1) is 12.3 Å². The Balaban J connectivity index is 0. The molecule has 0 aliphatic rings. The summed E-state index contributed by atoms with van der Waals surface area (Å²) < 4.78 is 0. The first-order chi connectivity index (χ1) is 3.50. The Kier molecular flexibility index (Phi) is 14.7. The number of hydrogen-bond acceptors (Lipinski definition) is 1. The predicted molar refractivity (Wildman–Crippen MR) is 39.9 cm³/mol. The van der Waals surface area contributed by atoms with Crippen molar-refractivity contribution in [3.05, 3.63) is 29.8 Å². The molecule has 0 saturated heterocycles. The molecule has 0 amide bonds. The third-order valence-corrected chi connectivity index (χ3v) is 0.944. The molecule has 0 radical (unpaired) electrons. The van der Waals surface area contributed by atoms with E-state index in [0.29, 0.717) is 0 Å². The molecule has 0 spiro atoms. The molecule has 0 N–H and O–H groups in total. The molecular formula is C6H8MgS. The van der Waals surface area contributed by atoms with E-state index in [-0.39, 0.29) is 23.1 Å². The van der Waals surface area contributed by atoms with Crippen LogP contribution in [0.5, 0.6) is 0 Å². The van der Waals surface area contributed by atoms with Crippen LogP contribution in [-0.2, 0) is 0 Å². The summed E-state index contributed by atoms with van der Waals surface area (Å²) in [6, 6.07) is 3.86. The van der Waals surface area contributed by atoms with Crippen LogP contribution < -0.4 is 0 Å². The van der Waals surface area contributed by atoms with Crippen molar-refractivity contribution in [3.8, 4) is 0 Å². The monoisotopic (exact) mass is 136 g/mol. The zero-order valence-electron chi connectivity index (χ0n) is 5.05. The van der Waals surface area contributed by atoms with Crippen molar-refractivity contribution in [2.45, 2.75) is 6.92 Å². The SMILES string of the molecule is [CH2-]C.[Mg+2].[c-]1cccs1. The van der Waals surface area contributed by atoms with Crippen LogP contribution in [0.3, 0.4) is 0 Å². The summed E-state index contributed by atoms with van der Waals surface area (Å²) >= 11 is 1.59. The van der Waals surface area contributed by atoms with Crippen LogP contribution in [0.15, 0.2) is 17.5 Å². The third kappa shape index (κ3) is 6.47. The Labute approximate surface area is 71.1 Å². The standard InChI is InChI=1S/C4H3S.C2H5.Mg/c1-2-4-5-3-1;1-2;/h1-3H;1H2,2H3;/q2*-1;+2. The Morgan fingerprint density at radius 2 is 2.12 bits per heavy atom. The quantitative estimate of drug-likeness (QED) is 0.378. The molecule has 1 aromatic heterocycles. The summed E-state index contributed by atoms with van der Waals surface area (Å²) in [4.78, 5) is 0. The van der Waals surface area contributed by atoms with Gasteiger partial charge < -0.3 is 18.3 Å². The summed E-state index contributed by atoms with van der Waals surface area (Å²) in [6.45, 7) is 5.00. The Hall–Kier alpha value is 0.466. The van der Waals surface area contributed by atoms with Gasteiger partial charge in [-0.3, -0.25) is 0 Å². The van der Waals surface area contributed by atoms with Gasteiger partial charge in [-0.05, 0) is 0 Å². The topological polar surface area (TPSA) is 0 Å². The van der Waals surface area contributed by atoms with Crippen molar-refractivity contribution in [2.75, 3.05) is 0 Å². The van der Waals surface area contributed by atoms with Crippen molar-refractivity contribution in [2.24, 2.45) is 0 Å². The van der Waals surface area contributed by atoms with Gasteiger partial charge in [0, 0.05) is 0 Å². The number of hydrogen-bond donors (Lipinski definition) is 0. The molecule has 0 aliphatic carbocycles. The van der Waals surface area contributed by atoms with Gasteiger partial charge in [0.05, 0.1) is 0 Å². The van der Waals surface area contributed by atoms with Crippen LogP contribution in [0.4, 0.5) is 0 Å². The minimum Gasteiger partial charge on any atom is -0.346 e. The molecule has 1 rings (SSSR count). The van der Waals surface area contributed by atoms with Gasteiger partial charge in [0.1, 0.15) is 0 Å². The van der Waals surface area contributed by atoms with Gasteiger partial charge in [-0.1, -0.05) is 0 Å². The largest absolute Gasteiger partial charge is 2.00 e. The van der Waals surface area contributed by atoms with E-state index in [1.807, 2.05) is 17.5 Å². The van der Waals surface area contributed by atoms with Crippen LogP contribution >= 0.6 is 11.3 Å². The van der Waals surface area contributed by atoms with Crippen LogP contribution in [-0.4, -0.2) is 23.1 Å². The fourth-order valence-electron chi connectivity index (χ4n) is 0.196. The first-order valence-corrected chi connectivity index (χ1v) is 2.98. The maximum atomic E-state index is 3.25. The second kappa shape index (κ2) is 10.4. The summed E-state index contributed by atoms with van der Waals surface area (Å²) in [5.41, 5.74) is 0. The summed E-state index contributed by atoms with van der Waals surface area (Å²) in [5.74, 6) is 0. The van der Waals surface area contributed by atoms with E-state index in [2.05, 4.69) is 12.3 Å².